The topological polar surface area (TPSA) is 140 Å². The number of hydrogen-bond donors (Lipinski definition) is 2. The summed E-state index contributed by atoms with van der Waals surface area (Å²) in [6.45, 7) is -1.04. The number of carbonyl (C=O) groups excluding carboxylic acids is 1. The molecule has 0 atom stereocenters. The van der Waals surface area contributed by atoms with Crippen molar-refractivity contribution in [2.24, 2.45) is 5.10 Å². The maximum Gasteiger partial charge on any atom is 0.341 e. The largest absolute Gasteiger partial charge is 0.481 e. The highest BCUT2D eigenvalue weighted by atomic mass is 35.5. The zero-order valence-electron chi connectivity index (χ0n) is 14.2. The van der Waals surface area contributed by atoms with Gasteiger partial charge in [-0.3, -0.25) is 14.9 Å². The van der Waals surface area contributed by atoms with Crippen molar-refractivity contribution in [2.45, 2.75) is 0 Å². The van der Waals surface area contributed by atoms with E-state index in [1.807, 2.05) is 0 Å². The van der Waals surface area contributed by atoms with Crippen LogP contribution in [0.15, 0.2) is 47.6 Å². The van der Waals surface area contributed by atoms with Crippen molar-refractivity contribution in [3.8, 4) is 11.5 Å². The van der Waals surface area contributed by atoms with E-state index >= 15 is 0 Å². The van der Waals surface area contributed by atoms with Crippen molar-refractivity contribution in [3.63, 3.8) is 0 Å². The Labute approximate surface area is 163 Å². The molecule has 0 fully saturated rings. The Morgan fingerprint density at radius 2 is 1.89 bits per heavy atom. The monoisotopic (exact) mass is 407 g/mol. The number of hydrogen-bond acceptors (Lipinski definition) is 7. The summed E-state index contributed by atoms with van der Waals surface area (Å²) in [5, 5.41) is 23.5. The molecule has 1 amide bonds. The number of nitrogens with zero attached hydrogens (tertiary/aromatic N) is 2. The number of amides is 1. The van der Waals surface area contributed by atoms with Gasteiger partial charge >= 0.3 is 11.7 Å². The van der Waals surface area contributed by atoms with E-state index in [4.69, 9.17) is 26.2 Å². The lowest BCUT2D eigenvalue weighted by Gasteiger charge is -2.07. The van der Waals surface area contributed by atoms with Crippen molar-refractivity contribution >= 4 is 35.4 Å². The van der Waals surface area contributed by atoms with Crippen molar-refractivity contribution in [3.05, 3.63) is 63.2 Å². The molecule has 0 saturated heterocycles. The predicted molar refractivity (Wildman–Crippen MR) is 98.9 cm³/mol. The summed E-state index contributed by atoms with van der Waals surface area (Å²) in [5.74, 6) is -1.63. The lowest BCUT2D eigenvalue weighted by atomic mass is 10.2. The van der Waals surface area contributed by atoms with Gasteiger partial charge in [-0.05, 0) is 24.3 Å². The van der Waals surface area contributed by atoms with Gasteiger partial charge in [0.2, 0.25) is 0 Å². The molecule has 2 aromatic carbocycles. The highest BCUT2D eigenvalue weighted by Crippen LogP contribution is 2.29. The third-order valence-corrected chi connectivity index (χ3v) is 3.37. The summed E-state index contributed by atoms with van der Waals surface area (Å²) < 4.78 is 10.2. The van der Waals surface area contributed by atoms with Crippen LogP contribution < -0.4 is 14.9 Å². The molecule has 0 aromatic heterocycles. The number of benzene rings is 2. The van der Waals surface area contributed by atoms with Crippen molar-refractivity contribution < 1.29 is 29.1 Å². The number of carboxylic acid groups (broad SMARTS) is 1. The molecule has 0 aliphatic rings. The summed E-state index contributed by atoms with van der Waals surface area (Å²) in [6, 6.07) is 10.3. The van der Waals surface area contributed by atoms with E-state index in [9.17, 15) is 19.7 Å². The van der Waals surface area contributed by atoms with Gasteiger partial charge < -0.3 is 14.6 Å². The first-order valence-corrected chi connectivity index (χ1v) is 8.07. The zero-order chi connectivity index (χ0) is 20.5. The van der Waals surface area contributed by atoms with Crippen LogP contribution in [0.4, 0.5) is 5.69 Å². The Kier molecular flexibility index (Phi) is 7.28. The molecule has 0 spiro atoms. The average molecular weight is 408 g/mol. The van der Waals surface area contributed by atoms with Gasteiger partial charge in [0.15, 0.2) is 19.0 Å². The van der Waals surface area contributed by atoms with Crippen LogP contribution in [0.1, 0.15) is 5.56 Å². The SMILES string of the molecule is O=C(O)COc1ccccc1/C=N\NC(=O)COc1ccc(Cl)cc1[N+](=O)[O-]. The lowest BCUT2D eigenvalue weighted by Crippen LogP contribution is -2.24. The number of aliphatic carboxylic acids is 1. The number of carbonyl (C=O) groups is 2. The van der Waals surface area contributed by atoms with Crippen molar-refractivity contribution in [2.75, 3.05) is 13.2 Å². The number of carboxylic acids is 1. The highest BCUT2D eigenvalue weighted by molar-refractivity contribution is 6.30. The van der Waals surface area contributed by atoms with E-state index in [0.717, 1.165) is 6.07 Å². The molecular weight excluding hydrogens is 394 g/mol. The van der Waals surface area contributed by atoms with Gasteiger partial charge in [-0.25, -0.2) is 10.2 Å². The summed E-state index contributed by atoms with van der Waals surface area (Å²) in [5.41, 5.74) is 2.27. The van der Waals surface area contributed by atoms with Crippen LogP contribution >= 0.6 is 11.6 Å². The van der Waals surface area contributed by atoms with Crippen LogP contribution in [-0.4, -0.2) is 41.3 Å². The van der Waals surface area contributed by atoms with Crippen LogP contribution in [-0.2, 0) is 9.59 Å². The molecular formula is C17H14ClN3O7. The van der Waals surface area contributed by atoms with E-state index in [1.165, 1.54) is 18.3 Å². The zero-order valence-corrected chi connectivity index (χ0v) is 15.0. The molecule has 0 bridgehead atoms. The lowest BCUT2D eigenvalue weighted by molar-refractivity contribution is -0.385. The van der Waals surface area contributed by atoms with Crippen LogP contribution in [0.25, 0.3) is 0 Å². The number of nitro benzene ring substituents is 1. The summed E-state index contributed by atoms with van der Waals surface area (Å²) in [7, 11) is 0. The Morgan fingerprint density at radius 3 is 2.61 bits per heavy atom. The number of ether oxygens (including phenoxy) is 2. The number of nitro groups is 1. The fourth-order valence-electron chi connectivity index (χ4n) is 1.96. The minimum atomic E-state index is -1.13. The van der Waals surface area contributed by atoms with Crippen molar-refractivity contribution in [1.82, 2.24) is 5.43 Å². The molecule has 0 saturated carbocycles. The van der Waals surface area contributed by atoms with Crippen LogP contribution in [0, 0.1) is 10.1 Å². The number of rotatable bonds is 9. The molecule has 2 aromatic rings. The quantitative estimate of drug-likeness (QED) is 0.369. The fourth-order valence-corrected chi connectivity index (χ4v) is 2.13. The molecule has 28 heavy (non-hydrogen) atoms. The maximum absolute atomic E-state index is 11.8. The normalized spacial score (nSPS) is 10.5. The van der Waals surface area contributed by atoms with Gasteiger partial charge in [0.05, 0.1) is 11.1 Å². The summed E-state index contributed by atoms with van der Waals surface area (Å²) >= 11 is 5.70. The third kappa shape index (κ3) is 6.25. The van der Waals surface area contributed by atoms with E-state index in [2.05, 4.69) is 10.5 Å². The van der Waals surface area contributed by atoms with Gasteiger partial charge in [0.1, 0.15) is 5.75 Å². The Balaban J connectivity index is 1.93. The molecule has 146 valence electrons. The Morgan fingerprint density at radius 1 is 1.18 bits per heavy atom. The second kappa shape index (κ2) is 9.88. The number of hydrazone groups is 1. The second-order valence-corrected chi connectivity index (χ2v) is 5.61. The summed E-state index contributed by atoms with van der Waals surface area (Å²) in [6.07, 6.45) is 1.26. The van der Waals surface area contributed by atoms with Gasteiger partial charge in [0, 0.05) is 16.7 Å². The highest BCUT2D eigenvalue weighted by Gasteiger charge is 2.16. The fraction of sp³-hybridized carbons (Fsp3) is 0.118. The molecule has 0 unspecified atom stereocenters. The molecule has 0 aliphatic heterocycles. The number of halogens is 1. The Bertz CT molecular complexity index is 917. The first-order valence-electron chi connectivity index (χ1n) is 7.69. The second-order valence-electron chi connectivity index (χ2n) is 5.17. The smallest absolute Gasteiger partial charge is 0.341 e. The first-order chi connectivity index (χ1) is 13.4. The average Bonchev–Trinajstić information content (AvgIpc) is 2.66. The number of nitrogens with one attached hydrogen (secondary N) is 1. The molecule has 0 aliphatic carbocycles. The van der Waals surface area contributed by atoms with Gasteiger partial charge in [-0.15, -0.1) is 0 Å². The van der Waals surface area contributed by atoms with Crippen molar-refractivity contribution in [1.29, 1.82) is 0 Å². The minimum Gasteiger partial charge on any atom is -0.481 e. The van der Waals surface area contributed by atoms with E-state index in [0.29, 0.717) is 5.56 Å². The third-order valence-electron chi connectivity index (χ3n) is 3.14. The predicted octanol–water partition coefficient (Wildman–Crippen LogP) is 2.24. The van der Waals surface area contributed by atoms with Gasteiger partial charge in [-0.2, -0.15) is 5.10 Å². The Hall–Kier alpha value is -3.66. The number of para-hydroxylation sites is 1. The maximum atomic E-state index is 11.8. The standard InChI is InChI=1S/C17H14ClN3O7/c18-12-5-6-15(13(7-12)21(25)26)27-9-16(22)20-19-8-11-3-1-2-4-14(11)28-10-17(23)24/h1-8H,9-10H2,(H,20,22)(H,23,24)/b19-8-. The van der Waals surface area contributed by atoms with E-state index in [-0.39, 0.29) is 22.2 Å². The molecule has 2 N–H and O–H groups in total. The molecule has 10 nitrogen and oxygen atoms in total. The molecule has 0 radical (unpaired) electrons. The van der Waals surface area contributed by atoms with Crippen LogP contribution in [0.2, 0.25) is 5.02 Å². The van der Waals surface area contributed by atoms with Gasteiger partial charge in [-0.1, -0.05) is 23.7 Å². The van der Waals surface area contributed by atoms with Crippen LogP contribution in [0.3, 0.4) is 0 Å². The minimum absolute atomic E-state index is 0.110. The molecule has 2 rings (SSSR count). The van der Waals surface area contributed by atoms with E-state index in [1.54, 1.807) is 24.3 Å². The summed E-state index contributed by atoms with van der Waals surface area (Å²) in [4.78, 5) is 32.7. The van der Waals surface area contributed by atoms with Gasteiger partial charge in [0.25, 0.3) is 5.91 Å². The van der Waals surface area contributed by atoms with E-state index < -0.39 is 30.0 Å². The van der Waals surface area contributed by atoms with Crippen LogP contribution in [0.5, 0.6) is 11.5 Å². The first kappa shape index (κ1) is 20.6. The molecule has 0 heterocycles. The molecule has 11 heteroatoms.